The summed E-state index contributed by atoms with van der Waals surface area (Å²) < 4.78 is 0. The van der Waals surface area contributed by atoms with E-state index >= 15 is 0 Å². The average molecular weight is 227 g/mol. The molecule has 0 heterocycles. The lowest BCUT2D eigenvalue weighted by Crippen LogP contribution is -2.28. The van der Waals surface area contributed by atoms with Crippen LogP contribution in [0, 0.1) is 0 Å². The van der Waals surface area contributed by atoms with Gasteiger partial charge in [-0.1, -0.05) is 48.5 Å². The van der Waals surface area contributed by atoms with E-state index in [1.54, 1.807) is 36.4 Å². The van der Waals surface area contributed by atoms with E-state index in [4.69, 9.17) is 0 Å². The quantitative estimate of drug-likeness (QED) is 0.789. The predicted octanol–water partition coefficient (Wildman–Crippen LogP) is 2.11. The minimum absolute atomic E-state index is 0.290. The number of rotatable bonds is 3. The largest absolute Gasteiger partial charge is 0.369 e. The van der Waals surface area contributed by atoms with Crippen LogP contribution >= 0.6 is 0 Å². The topological polar surface area (TPSA) is 49.3 Å². The summed E-state index contributed by atoms with van der Waals surface area (Å²) in [5.74, 6) is -0.290. The highest BCUT2D eigenvalue weighted by molar-refractivity contribution is 5.94. The molecular formula is C14H13NO2. The number of carbonyl (C=O) groups excluding carboxylic acids is 1. The molecule has 0 radical (unpaired) electrons. The van der Waals surface area contributed by atoms with Gasteiger partial charge in [0.05, 0.1) is 0 Å². The SMILES string of the molecule is O=C(N[C@H](O)c1ccccc1)c1ccccc1. The van der Waals surface area contributed by atoms with Crippen molar-refractivity contribution in [3.8, 4) is 0 Å². The van der Waals surface area contributed by atoms with Gasteiger partial charge in [0.1, 0.15) is 0 Å². The maximum Gasteiger partial charge on any atom is 0.253 e. The number of hydrogen-bond donors (Lipinski definition) is 2. The van der Waals surface area contributed by atoms with E-state index in [-0.39, 0.29) is 5.91 Å². The van der Waals surface area contributed by atoms with Crippen molar-refractivity contribution in [3.05, 3.63) is 71.8 Å². The summed E-state index contributed by atoms with van der Waals surface area (Å²) in [6.07, 6.45) is -0.982. The summed E-state index contributed by atoms with van der Waals surface area (Å²) >= 11 is 0. The maximum absolute atomic E-state index is 11.8. The molecule has 86 valence electrons. The minimum Gasteiger partial charge on any atom is -0.369 e. The second-order valence-electron chi connectivity index (χ2n) is 3.65. The summed E-state index contributed by atoms with van der Waals surface area (Å²) in [6, 6.07) is 17.8. The number of nitrogens with one attached hydrogen (secondary N) is 1. The molecule has 0 aromatic heterocycles. The third-order valence-corrected chi connectivity index (χ3v) is 2.42. The first kappa shape index (κ1) is 11.4. The van der Waals surface area contributed by atoms with Crippen LogP contribution in [0.5, 0.6) is 0 Å². The van der Waals surface area contributed by atoms with E-state index in [0.717, 1.165) is 0 Å². The van der Waals surface area contributed by atoms with Crippen LogP contribution in [0.25, 0.3) is 0 Å². The molecule has 17 heavy (non-hydrogen) atoms. The minimum atomic E-state index is -0.982. The zero-order valence-corrected chi connectivity index (χ0v) is 9.21. The molecule has 0 aliphatic rings. The van der Waals surface area contributed by atoms with Gasteiger partial charge in [-0.3, -0.25) is 4.79 Å². The van der Waals surface area contributed by atoms with Gasteiger partial charge in [0, 0.05) is 11.1 Å². The molecular weight excluding hydrogens is 214 g/mol. The lowest BCUT2D eigenvalue weighted by atomic mass is 10.1. The lowest BCUT2D eigenvalue weighted by Gasteiger charge is -2.12. The Bertz CT molecular complexity index is 482. The van der Waals surface area contributed by atoms with Crippen LogP contribution in [-0.2, 0) is 0 Å². The Balaban J connectivity index is 2.05. The van der Waals surface area contributed by atoms with E-state index in [0.29, 0.717) is 11.1 Å². The highest BCUT2D eigenvalue weighted by Gasteiger charge is 2.11. The summed E-state index contributed by atoms with van der Waals surface area (Å²) in [5.41, 5.74) is 1.19. The number of hydrogen-bond acceptors (Lipinski definition) is 2. The molecule has 0 aliphatic carbocycles. The third kappa shape index (κ3) is 2.92. The molecule has 3 heteroatoms. The second kappa shape index (κ2) is 5.27. The van der Waals surface area contributed by atoms with E-state index in [9.17, 15) is 9.90 Å². The van der Waals surface area contributed by atoms with Crippen LogP contribution in [0.15, 0.2) is 60.7 Å². The second-order valence-corrected chi connectivity index (χ2v) is 3.65. The zero-order chi connectivity index (χ0) is 12.1. The highest BCUT2D eigenvalue weighted by atomic mass is 16.3. The van der Waals surface area contributed by atoms with Crippen LogP contribution in [0.3, 0.4) is 0 Å². The van der Waals surface area contributed by atoms with Crippen molar-refractivity contribution in [1.29, 1.82) is 0 Å². The van der Waals surface area contributed by atoms with Gasteiger partial charge in [-0.25, -0.2) is 0 Å². The standard InChI is InChI=1S/C14H13NO2/c16-13(11-7-3-1-4-8-11)15-14(17)12-9-5-2-6-10-12/h1-10,13,16H,(H,15,17)/t13-/m1/s1. The Kier molecular flexibility index (Phi) is 3.52. The fraction of sp³-hybridized carbons (Fsp3) is 0.0714. The van der Waals surface area contributed by atoms with Crippen molar-refractivity contribution in [1.82, 2.24) is 5.32 Å². The Labute approximate surface area is 99.7 Å². The van der Waals surface area contributed by atoms with Gasteiger partial charge in [0.25, 0.3) is 5.91 Å². The zero-order valence-electron chi connectivity index (χ0n) is 9.21. The van der Waals surface area contributed by atoms with Crippen molar-refractivity contribution >= 4 is 5.91 Å². The first-order valence-electron chi connectivity index (χ1n) is 5.36. The molecule has 2 rings (SSSR count). The Morgan fingerprint density at radius 3 is 2.06 bits per heavy atom. The fourth-order valence-electron chi connectivity index (χ4n) is 1.52. The lowest BCUT2D eigenvalue weighted by molar-refractivity contribution is 0.0783. The molecule has 0 aliphatic heterocycles. The number of aliphatic hydroxyl groups excluding tert-OH is 1. The van der Waals surface area contributed by atoms with Gasteiger partial charge >= 0.3 is 0 Å². The fourth-order valence-corrected chi connectivity index (χ4v) is 1.52. The van der Waals surface area contributed by atoms with Crippen molar-refractivity contribution in [2.24, 2.45) is 0 Å². The Morgan fingerprint density at radius 2 is 1.47 bits per heavy atom. The summed E-state index contributed by atoms with van der Waals surface area (Å²) in [5, 5.41) is 12.3. The van der Waals surface area contributed by atoms with Gasteiger partial charge in [-0.15, -0.1) is 0 Å². The molecule has 0 fully saturated rings. The van der Waals surface area contributed by atoms with Crippen LogP contribution in [0.2, 0.25) is 0 Å². The third-order valence-electron chi connectivity index (χ3n) is 2.42. The monoisotopic (exact) mass is 227 g/mol. The van der Waals surface area contributed by atoms with Crippen LogP contribution < -0.4 is 5.32 Å². The molecule has 2 aromatic carbocycles. The van der Waals surface area contributed by atoms with Crippen molar-refractivity contribution in [2.75, 3.05) is 0 Å². The molecule has 0 bridgehead atoms. The van der Waals surface area contributed by atoms with E-state index in [1.807, 2.05) is 24.3 Å². The molecule has 1 amide bonds. The number of benzene rings is 2. The van der Waals surface area contributed by atoms with Crippen LogP contribution in [0.1, 0.15) is 22.1 Å². The summed E-state index contributed by atoms with van der Waals surface area (Å²) in [6.45, 7) is 0. The first-order chi connectivity index (χ1) is 8.27. The highest BCUT2D eigenvalue weighted by Crippen LogP contribution is 2.09. The Hall–Kier alpha value is -2.13. The smallest absolute Gasteiger partial charge is 0.253 e. The first-order valence-corrected chi connectivity index (χ1v) is 5.36. The summed E-state index contributed by atoms with van der Waals surface area (Å²) in [7, 11) is 0. The van der Waals surface area contributed by atoms with E-state index in [2.05, 4.69) is 5.32 Å². The molecule has 1 atom stereocenters. The van der Waals surface area contributed by atoms with Gasteiger partial charge in [0.2, 0.25) is 0 Å². The molecule has 3 nitrogen and oxygen atoms in total. The number of amides is 1. The van der Waals surface area contributed by atoms with Crippen molar-refractivity contribution < 1.29 is 9.90 Å². The van der Waals surface area contributed by atoms with E-state index < -0.39 is 6.23 Å². The van der Waals surface area contributed by atoms with Gasteiger partial charge in [-0.2, -0.15) is 0 Å². The average Bonchev–Trinajstić information content (AvgIpc) is 2.40. The molecule has 0 spiro atoms. The molecule has 2 aromatic rings. The Morgan fingerprint density at radius 1 is 0.941 bits per heavy atom. The predicted molar refractivity (Wildman–Crippen MR) is 65.3 cm³/mol. The molecule has 2 N–H and O–H groups in total. The maximum atomic E-state index is 11.8. The van der Waals surface area contributed by atoms with Crippen molar-refractivity contribution in [3.63, 3.8) is 0 Å². The van der Waals surface area contributed by atoms with Crippen molar-refractivity contribution in [2.45, 2.75) is 6.23 Å². The van der Waals surface area contributed by atoms with E-state index in [1.165, 1.54) is 0 Å². The molecule has 0 saturated heterocycles. The van der Waals surface area contributed by atoms with Crippen LogP contribution in [0.4, 0.5) is 0 Å². The number of carbonyl (C=O) groups is 1. The summed E-state index contributed by atoms with van der Waals surface area (Å²) in [4.78, 5) is 11.8. The molecule has 0 unspecified atom stereocenters. The normalized spacial score (nSPS) is 11.8. The molecule has 0 saturated carbocycles. The van der Waals surface area contributed by atoms with Crippen LogP contribution in [-0.4, -0.2) is 11.0 Å². The number of aliphatic hydroxyl groups is 1. The van der Waals surface area contributed by atoms with Gasteiger partial charge in [-0.05, 0) is 12.1 Å². The van der Waals surface area contributed by atoms with Gasteiger partial charge < -0.3 is 10.4 Å². The van der Waals surface area contributed by atoms with Gasteiger partial charge in [0.15, 0.2) is 6.23 Å².